The van der Waals surface area contributed by atoms with E-state index in [1.807, 2.05) is 10.6 Å². The molecule has 1 amide bonds. The van der Waals surface area contributed by atoms with Gasteiger partial charge in [0.2, 0.25) is 0 Å². The van der Waals surface area contributed by atoms with Crippen molar-refractivity contribution in [1.82, 2.24) is 9.99 Å². The molecule has 2 aromatic heterocycles. The monoisotopic (exact) mass is 287 g/mol. The number of carbonyl (C=O) groups excluding carboxylic acids is 1. The molecular formula is C15H14FN3O2. The number of benzene rings is 1. The number of furan rings is 1. The molecule has 0 spiro atoms. The van der Waals surface area contributed by atoms with Crippen LogP contribution in [0.25, 0.3) is 10.9 Å². The van der Waals surface area contributed by atoms with Crippen molar-refractivity contribution in [3.63, 3.8) is 0 Å². The average Bonchev–Trinajstić information content (AvgIpc) is 3.04. The molecule has 0 atom stereocenters. The van der Waals surface area contributed by atoms with Crippen molar-refractivity contribution in [2.45, 2.75) is 13.5 Å². The molecule has 108 valence electrons. The number of halogens is 1. The van der Waals surface area contributed by atoms with Gasteiger partial charge >= 0.3 is 0 Å². The van der Waals surface area contributed by atoms with E-state index in [0.29, 0.717) is 29.0 Å². The lowest BCUT2D eigenvalue weighted by molar-refractivity contribution is 0.0952. The Morgan fingerprint density at radius 3 is 3.00 bits per heavy atom. The van der Waals surface area contributed by atoms with Gasteiger partial charge in [0, 0.05) is 11.6 Å². The molecule has 0 saturated carbocycles. The van der Waals surface area contributed by atoms with Crippen molar-refractivity contribution in [2.24, 2.45) is 5.84 Å². The molecule has 21 heavy (non-hydrogen) atoms. The molecule has 6 heteroatoms. The summed E-state index contributed by atoms with van der Waals surface area (Å²) in [7, 11) is 0. The third-order valence-corrected chi connectivity index (χ3v) is 3.43. The first kappa shape index (κ1) is 13.4. The van der Waals surface area contributed by atoms with Crippen LogP contribution in [0, 0.1) is 12.7 Å². The number of hydrogen-bond acceptors (Lipinski definition) is 3. The number of amides is 1. The van der Waals surface area contributed by atoms with E-state index < -0.39 is 5.91 Å². The Labute approximate surface area is 120 Å². The van der Waals surface area contributed by atoms with Gasteiger partial charge < -0.3 is 8.98 Å². The van der Waals surface area contributed by atoms with Crippen LogP contribution in [0.15, 0.2) is 40.9 Å². The Hall–Kier alpha value is -2.60. The second-order valence-electron chi connectivity index (χ2n) is 4.77. The number of hydrazine groups is 1. The average molecular weight is 287 g/mol. The predicted octanol–water partition coefficient (Wildman–Crippen LogP) is 2.33. The summed E-state index contributed by atoms with van der Waals surface area (Å²) in [6.07, 6.45) is 1.79. The highest BCUT2D eigenvalue weighted by molar-refractivity contribution is 5.94. The van der Waals surface area contributed by atoms with Gasteiger partial charge in [-0.15, -0.1) is 0 Å². The summed E-state index contributed by atoms with van der Waals surface area (Å²) in [5.74, 6) is 5.57. The lowest BCUT2D eigenvalue weighted by Gasteiger charge is -2.02. The molecule has 1 aromatic carbocycles. The number of carbonyl (C=O) groups is 1. The van der Waals surface area contributed by atoms with Crippen LogP contribution in [-0.2, 0) is 6.54 Å². The van der Waals surface area contributed by atoms with Crippen LogP contribution in [-0.4, -0.2) is 10.5 Å². The van der Waals surface area contributed by atoms with Crippen LogP contribution in [0.4, 0.5) is 4.39 Å². The Morgan fingerprint density at radius 1 is 1.43 bits per heavy atom. The molecule has 5 nitrogen and oxygen atoms in total. The number of fused-ring (bicyclic) bond motifs is 1. The van der Waals surface area contributed by atoms with Gasteiger partial charge in [-0.3, -0.25) is 10.2 Å². The summed E-state index contributed by atoms with van der Waals surface area (Å²) in [4.78, 5) is 11.6. The molecular weight excluding hydrogens is 273 g/mol. The zero-order chi connectivity index (χ0) is 15.0. The fourth-order valence-corrected chi connectivity index (χ4v) is 2.42. The SMILES string of the molecule is Cc1oc(Cn2ccc3c(F)cccc32)cc1C(=O)NN. The van der Waals surface area contributed by atoms with Crippen molar-refractivity contribution in [3.8, 4) is 0 Å². The molecule has 0 fully saturated rings. The molecule has 0 aliphatic rings. The van der Waals surface area contributed by atoms with E-state index in [2.05, 4.69) is 5.43 Å². The Bertz CT molecular complexity index is 820. The van der Waals surface area contributed by atoms with Gasteiger partial charge in [-0.2, -0.15) is 0 Å². The number of aryl methyl sites for hydroxylation is 1. The topological polar surface area (TPSA) is 73.2 Å². The minimum absolute atomic E-state index is 0.259. The quantitative estimate of drug-likeness (QED) is 0.441. The molecule has 3 rings (SSSR count). The van der Waals surface area contributed by atoms with Crippen LogP contribution in [0.5, 0.6) is 0 Å². The molecule has 0 bridgehead atoms. The summed E-state index contributed by atoms with van der Waals surface area (Å²) in [5.41, 5.74) is 3.25. The fourth-order valence-electron chi connectivity index (χ4n) is 2.42. The van der Waals surface area contributed by atoms with Gasteiger partial charge in [0.15, 0.2) is 0 Å². The van der Waals surface area contributed by atoms with Crippen LogP contribution in [0.3, 0.4) is 0 Å². The maximum atomic E-state index is 13.7. The Balaban J connectivity index is 1.96. The van der Waals surface area contributed by atoms with E-state index in [-0.39, 0.29) is 5.82 Å². The third-order valence-electron chi connectivity index (χ3n) is 3.43. The van der Waals surface area contributed by atoms with Crippen LogP contribution in [0.2, 0.25) is 0 Å². The number of nitrogens with two attached hydrogens (primary N) is 1. The van der Waals surface area contributed by atoms with E-state index in [9.17, 15) is 9.18 Å². The summed E-state index contributed by atoms with van der Waals surface area (Å²) in [6.45, 7) is 2.10. The van der Waals surface area contributed by atoms with Crippen LogP contribution < -0.4 is 11.3 Å². The minimum atomic E-state index is -0.397. The summed E-state index contributed by atoms with van der Waals surface area (Å²) in [5, 5.41) is 0.556. The normalized spacial score (nSPS) is 11.0. The molecule has 3 aromatic rings. The lowest BCUT2D eigenvalue weighted by atomic mass is 10.2. The summed E-state index contributed by atoms with van der Waals surface area (Å²) in [6, 6.07) is 8.28. The van der Waals surface area contributed by atoms with E-state index in [1.54, 1.807) is 31.3 Å². The van der Waals surface area contributed by atoms with Crippen LogP contribution >= 0.6 is 0 Å². The highest BCUT2D eigenvalue weighted by atomic mass is 19.1. The van der Waals surface area contributed by atoms with Gasteiger partial charge in [-0.1, -0.05) is 6.07 Å². The number of rotatable bonds is 3. The van der Waals surface area contributed by atoms with Gasteiger partial charge in [0.05, 0.1) is 17.6 Å². The summed E-state index contributed by atoms with van der Waals surface area (Å²) >= 11 is 0. The highest BCUT2D eigenvalue weighted by Gasteiger charge is 2.15. The van der Waals surface area contributed by atoms with Gasteiger partial charge in [-0.25, -0.2) is 10.2 Å². The van der Waals surface area contributed by atoms with Crippen molar-refractivity contribution >= 4 is 16.8 Å². The largest absolute Gasteiger partial charge is 0.464 e. The number of aromatic nitrogens is 1. The second kappa shape index (κ2) is 5.06. The van der Waals surface area contributed by atoms with Gasteiger partial charge in [-0.05, 0) is 31.2 Å². The number of nitrogens with zero attached hydrogens (tertiary/aromatic N) is 1. The fraction of sp³-hybridized carbons (Fsp3) is 0.133. The van der Waals surface area contributed by atoms with E-state index in [4.69, 9.17) is 10.3 Å². The maximum absolute atomic E-state index is 13.7. The van der Waals surface area contributed by atoms with Gasteiger partial charge in [0.1, 0.15) is 17.3 Å². The Kier molecular flexibility index (Phi) is 3.23. The second-order valence-corrected chi connectivity index (χ2v) is 4.77. The van der Waals surface area contributed by atoms with Gasteiger partial charge in [0.25, 0.3) is 5.91 Å². The number of nitrogens with one attached hydrogen (secondary N) is 1. The number of nitrogen functional groups attached to an aromatic ring is 1. The molecule has 0 aliphatic carbocycles. The minimum Gasteiger partial charge on any atom is -0.464 e. The standard InChI is InChI=1S/C15H14FN3O2/c1-9-12(15(20)18-17)7-10(21-9)8-19-6-5-11-13(16)3-2-4-14(11)19/h2-7H,8,17H2,1H3,(H,18,20). The molecule has 0 aliphatic heterocycles. The van der Waals surface area contributed by atoms with E-state index in [1.165, 1.54) is 6.07 Å². The first-order valence-corrected chi connectivity index (χ1v) is 6.43. The summed E-state index contributed by atoms with van der Waals surface area (Å²) < 4.78 is 21.1. The highest BCUT2D eigenvalue weighted by Crippen LogP contribution is 2.22. The predicted molar refractivity (Wildman–Crippen MR) is 76.1 cm³/mol. The molecule has 2 heterocycles. The molecule has 3 N–H and O–H groups in total. The molecule has 0 saturated heterocycles. The van der Waals surface area contributed by atoms with Crippen LogP contribution in [0.1, 0.15) is 21.9 Å². The third kappa shape index (κ3) is 2.30. The zero-order valence-corrected chi connectivity index (χ0v) is 11.4. The van der Waals surface area contributed by atoms with Crippen molar-refractivity contribution in [1.29, 1.82) is 0 Å². The van der Waals surface area contributed by atoms with Crippen molar-refractivity contribution < 1.29 is 13.6 Å². The molecule has 0 unspecified atom stereocenters. The first-order chi connectivity index (χ1) is 10.1. The number of hydrogen-bond donors (Lipinski definition) is 2. The zero-order valence-electron chi connectivity index (χ0n) is 11.4. The first-order valence-electron chi connectivity index (χ1n) is 6.43. The van der Waals surface area contributed by atoms with Crippen molar-refractivity contribution in [3.05, 3.63) is 59.4 Å². The van der Waals surface area contributed by atoms with E-state index >= 15 is 0 Å². The smallest absolute Gasteiger partial charge is 0.268 e. The van der Waals surface area contributed by atoms with E-state index in [0.717, 1.165) is 5.52 Å². The van der Waals surface area contributed by atoms with Crippen molar-refractivity contribution in [2.75, 3.05) is 0 Å². The Morgan fingerprint density at radius 2 is 2.24 bits per heavy atom. The molecule has 0 radical (unpaired) electrons. The lowest BCUT2D eigenvalue weighted by Crippen LogP contribution is -2.30. The maximum Gasteiger partial charge on any atom is 0.268 e.